The quantitative estimate of drug-likeness (QED) is 0.607. The van der Waals surface area contributed by atoms with Crippen LogP contribution in [0.4, 0.5) is 0 Å². The standard InChI is InChI=1S/C28H31N3O3/c1-29-17-24-12-13-26(34-24)28(33)31-19-23(21-10-6-3-7-11-21)16-25(31)27(32)30-15-14-22(18-30)20-8-4-2-5-9-20/h2-13,22-23,25,29H,14-19H2,1H3. The Labute approximate surface area is 200 Å². The molecule has 2 aliphatic heterocycles. The van der Waals surface area contributed by atoms with E-state index in [1.165, 1.54) is 5.56 Å². The fourth-order valence-corrected chi connectivity index (χ4v) is 5.33. The second-order valence-electron chi connectivity index (χ2n) is 9.29. The molecule has 3 unspecified atom stereocenters. The van der Waals surface area contributed by atoms with Crippen molar-refractivity contribution >= 4 is 11.8 Å². The maximum absolute atomic E-state index is 13.7. The fraction of sp³-hybridized carbons (Fsp3) is 0.357. The summed E-state index contributed by atoms with van der Waals surface area (Å²) in [5, 5.41) is 3.04. The smallest absolute Gasteiger partial charge is 0.290 e. The summed E-state index contributed by atoms with van der Waals surface area (Å²) in [6.45, 7) is 2.48. The van der Waals surface area contributed by atoms with Crippen molar-refractivity contribution in [1.82, 2.24) is 15.1 Å². The van der Waals surface area contributed by atoms with E-state index in [1.807, 2.05) is 54.4 Å². The van der Waals surface area contributed by atoms with Gasteiger partial charge in [-0.25, -0.2) is 0 Å². The Kier molecular flexibility index (Phi) is 6.50. The number of carbonyl (C=O) groups is 2. The number of amides is 2. The largest absolute Gasteiger partial charge is 0.455 e. The molecule has 3 atom stereocenters. The van der Waals surface area contributed by atoms with Crippen LogP contribution in [0.25, 0.3) is 0 Å². The van der Waals surface area contributed by atoms with E-state index >= 15 is 0 Å². The molecule has 0 radical (unpaired) electrons. The molecule has 2 aliphatic rings. The Morgan fingerprint density at radius 2 is 1.59 bits per heavy atom. The topological polar surface area (TPSA) is 65.8 Å². The molecule has 176 valence electrons. The van der Waals surface area contributed by atoms with E-state index < -0.39 is 6.04 Å². The highest BCUT2D eigenvalue weighted by Gasteiger charge is 2.44. The van der Waals surface area contributed by atoms with Gasteiger partial charge in [0.1, 0.15) is 11.8 Å². The normalized spacial score (nSPS) is 22.3. The first-order valence-electron chi connectivity index (χ1n) is 12.1. The Balaban J connectivity index is 1.37. The van der Waals surface area contributed by atoms with Gasteiger partial charge < -0.3 is 19.5 Å². The maximum atomic E-state index is 13.7. The minimum atomic E-state index is -0.481. The first-order valence-corrected chi connectivity index (χ1v) is 12.1. The number of furan rings is 1. The minimum absolute atomic E-state index is 0.0483. The van der Waals surface area contributed by atoms with Gasteiger partial charge in [-0.15, -0.1) is 0 Å². The third-order valence-electron chi connectivity index (χ3n) is 7.11. The molecular formula is C28H31N3O3. The van der Waals surface area contributed by atoms with Crippen molar-refractivity contribution < 1.29 is 14.0 Å². The number of carbonyl (C=O) groups excluding carboxylic acids is 2. The summed E-state index contributed by atoms with van der Waals surface area (Å²) in [5.74, 6) is 1.30. The van der Waals surface area contributed by atoms with Gasteiger partial charge in [-0.1, -0.05) is 60.7 Å². The van der Waals surface area contributed by atoms with E-state index in [0.29, 0.717) is 43.5 Å². The summed E-state index contributed by atoms with van der Waals surface area (Å²) in [4.78, 5) is 30.9. The number of hydrogen-bond donors (Lipinski definition) is 1. The van der Waals surface area contributed by atoms with E-state index in [-0.39, 0.29) is 17.7 Å². The van der Waals surface area contributed by atoms with Crippen molar-refractivity contribution in [2.24, 2.45) is 0 Å². The molecule has 2 saturated heterocycles. The molecule has 5 rings (SSSR count). The summed E-state index contributed by atoms with van der Waals surface area (Å²) in [6.07, 6.45) is 1.58. The number of rotatable bonds is 6. The van der Waals surface area contributed by atoms with Crippen molar-refractivity contribution in [3.63, 3.8) is 0 Å². The number of likely N-dealkylation sites (tertiary alicyclic amines) is 2. The summed E-state index contributed by atoms with van der Waals surface area (Å²) >= 11 is 0. The SMILES string of the molecule is CNCc1ccc(C(=O)N2CC(c3ccccc3)CC2C(=O)N2CCC(c3ccccc3)C2)o1. The van der Waals surface area contributed by atoms with Crippen molar-refractivity contribution in [2.75, 3.05) is 26.7 Å². The van der Waals surface area contributed by atoms with Gasteiger partial charge in [-0.05, 0) is 43.1 Å². The summed E-state index contributed by atoms with van der Waals surface area (Å²) in [6, 6.07) is 23.6. The lowest BCUT2D eigenvalue weighted by Crippen LogP contribution is -2.47. The zero-order valence-electron chi connectivity index (χ0n) is 19.5. The van der Waals surface area contributed by atoms with Crippen LogP contribution in [0.1, 0.15) is 52.1 Å². The fourth-order valence-electron chi connectivity index (χ4n) is 5.33. The molecule has 3 aromatic rings. The van der Waals surface area contributed by atoms with Crippen molar-refractivity contribution in [3.05, 3.63) is 95.4 Å². The monoisotopic (exact) mass is 457 g/mol. The van der Waals surface area contributed by atoms with E-state index in [4.69, 9.17) is 4.42 Å². The maximum Gasteiger partial charge on any atom is 0.290 e. The number of benzene rings is 2. The molecule has 6 heteroatoms. The van der Waals surface area contributed by atoms with Crippen LogP contribution in [0.2, 0.25) is 0 Å². The molecule has 0 aliphatic carbocycles. The molecule has 6 nitrogen and oxygen atoms in total. The molecule has 0 spiro atoms. The van der Waals surface area contributed by atoms with Crippen LogP contribution in [0.5, 0.6) is 0 Å². The van der Waals surface area contributed by atoms with Crippen LogP contribution in [0.15, 0.2) is 77.2 Å². The van der Waals surface area contributed by atoms with Crippen LogP contribution in [0, 0.1) is 0 Å². The zero-order valence-corrected chi connectivity index (χ0v) is 19.5. The van der Waals surface area contributed by atoms with Crippen LogP contribution in [-0.2, 0) is 11.3 Å². The second kappa shape index (κ2) is 9.85. The van der Waals surface area contributed by atoms with E-state index in [0.717, 1.165) is 18.5 Å². The second-order valence-corrected chi connectivity index (χ2v) is 9.29. The highest BCUT2D eigenvalue weighted by atomic mass is 16.4. The van der Waals surface area contributed by atoms with Crippen LogP contribution in [0.3, 0.4) is 0 Å². The summed E-state index contributed by atoms with van der Waals surface area (Å²) < 4.78 is 5.79. The van der Waals surface area contributed by atoms with Crippen LogP contribution < -0.4 is 5.32 Å². The predicted molar refractivity (Wildman–Crippen MR) is 130 cm³/mol. The Morgan fingerprint density at radius 1 is 0.912 bits per heavy atom. The first-order chi connectivity index (χ1) is 16.6. The molecule has 3 heterocycles. The average Bonchev–Trinajstić information content (AvgIpc) is 3.64. The van der Waals surface area contributed by atoms with Crippen molar-refractivity contribution in [2.45, 2.75) is 37.3 Å². The first kappa shape index (κ1) is 22.4. The lowest BCUT2D eigenvalue weighted by molar-refractivity contribution is -0.134. The van der Waals surface area contributed by atoms with E-state index in [9.17, 15) is 9.59 Å². The van der Waals surface area contributed by atoms with Gasteiger partial charge in [0.2, 0.25) is 5.91 Å². The lowest BCUT2D eigenvalue weighted by atomic mass is 9.96. The number of nitrogens with one attached hydrogen (secondary N) is 1. The Hall–Kier alpha value is -3.38. The van der Waals surface area contributed by atoms with Gasteiger partial charge in [0.25, 0.3) is 5.91 Å². The van der Waals surface area contributed by atoms with Crippen molar-refractivity contribution in [1.29, 1.82) is 0 Å². The van der Waals surface area contributed by atoms with Gasteiger partial charge in [0.05, 0.1) is 6.54 Å². The molecule has 1 aromatic heterocycles. The van der Waals surface area contributed by atoms with Gasteiger partial charge in [-0.3, -0.25) is 9.59 Å². The average molecular weight is 458 g/mol. The van der Waals surface area contributed by atoms with Crippen LogP contribution in [-0.4, -0.2) is 54.3 Å². The van der Waals surface area contributed by atoms with Gasteiger partial charge >= 0.3 is 0 Å². The van der Waals surface area contributed by atoms with E-state index in [1.54, 1.807) is 11.0 Å². The highest BCUT2D eigenvalue weighted by molar-refractivity contribution is 5.96. The third-order valence-corrected chi connectivity index (χ3v) is 7.11. The van der Waals surface area contributed by atoms with Gasteiger partial charge in [0, 0.05) is 31.5 Å². The third kappa shape index (κ3) is 4.50. The lowest BCUT2D eigenvalue weighted by Gasteiger charge is -2.27. The Morgan fingerprint density at radius 3 is 2.26 bits per heavy atom. The van der Waals surface area contributed by atoms with Crippen LogP contribution >= 0.6 is 0 Å². The summed E-state index contributed by atoms with van der Waals surface area (Å²) in [7, 11) is 1.84. The summed E-state index contributed by atoms with van der Waals surface area (Å²) in [5.41, 5.74) is 2.43. The Bertz CT molecular complexity index is 1130. The molecule has 2 aromatic carbocycles. The minimum Gasteiger partial charge on any atom is -0.455 e. The zero-order chi connectivity index (χ0) is 23.5. The van der Waals surface area contributed by atoms with Gasteiger partial charge in [-0.2, -0.15) is 0 Å². The number of nitrogens with zero attached hydrogens (tertiary/aromatic N) is 2. The predicted octanol–water partition coefficient (Wildman–Crippen LogP) is 4.01. The molecule has 0 saturated carbocycles. The molecule has 34 heavy (non-hydrogen) atoms. The molecule has 2 amide bonds. The molecule has 2 fully saturated rings. The molecular weight excluding hydrogens is 426 g/mol. The molecule has 1 N–H and O–H groups in total. The number of hydrogen-bond acceptors (Lipinski definition) is 4. The molecule has 0 bridgehead atoms. The highest BCUT2D eigenvalue weighted by Crippen LogP contribution is 2.36. The van der Waals surface area contributed by atoms with Gasteiger partial charge in [0.15, 0.2) is 5.76 Å². The van der Waals surface area contributed by atoms with Crippen molar-refractivity contribution in [3.8, 4) is 0 Å². The van der Waals surface area contributed by atoms with E-state index in [2.05, 4.69) is 29.6 Å².